The number of alkyl halides is 1. The second kappa shape index (κ2) is 6.87. The molecule has 0 aliphatic heterocycles. The number of aryl methyl sites for hydroxylation is 1. The smallest absolute Gasteiger partial charge is 0.122 e. The lowest BCUT2D eigenvalue weighted by Crippen LogP contribution is -2.26. The van der Waals surface area contributed by atoms with E-state index in [-0.39, 0.29) is 0 Å². The van der Waals surface area contributed by atoms with Crippen molar-refractivity contribution in [1.82, 2.24) is 14.5 Å². The van der Waals surface area contributed by atoms with Crippen molar-refractivity contribution >= 4 is 15.9 Å². The van der Waals surface area contributed by atoms with Crippen LogP contribution in [0.4, 0.5) is 0 Å². The van der Waals surface area contributed by atoms with Crippen LogP contribution in [0.1, 0.15) is 17.3 Å². The van der Waals surface area contributed by atoms with Gasteiger partial charge in [-0.3, -0.25) is 4.90 Å². The van der Waals surface area contributed by atoms with Crippen molar-refractivity contribution in [2.45, 2.75) is 12.5 Å². The van der Waals surface area contributed by atoms with Crippen molar-refractivity contribution in [2.24, 2.45) is 7.05 Å². The molecule has 0 saturated heterocycles. The molecule has 2 aromatic rings. The van der Waals surface area contributed by atoms with Gasteiger partial charge in [-0.25, -0.2) is 4.98 Å². The van der Waals surface area contributed by atoms with Crippen LogP contribution in [0.2, 0.25) is 0 Å². The number of imidazole rings is 1. The molecule has 19 heavy (non-hydrogen) atoms. The summed E-state index contributed by atoms with van der Waals surface area (Å²) in [5.41, 5.74) is 1.38. The van der Waals surface area contributed by atoms with E-state index in [0.717, 1.165) is 24.2 Å². The van der Waals surface area contributed by atoms with E-state index in [4.69, 9.17) is 0 Å². The van der Waals surface area contributed by atoms with Crippen LogP contribution in [0.15, 0.2) is 42.7 Å². The highest BCUT2D eigenvalue weighted by atomic mass is 79.9. The van der Waals surface area contributed by atoms with E-state index in [0.29, 0.717) is 5.92 Å². The Hall–Kier alpha value is -1.13. The van der Waals surface area contributed by atoms with Gasteiger partial charge in [-0.2, -0.15) is 0 Å². The van der Waals surface area contributed by atoms with E-state index >= 15 is 0 Å². The molecule has 0 spiro atoms. The monoisotopic (exact) mass is 321 g/mol. The fourth-order valence-corrected chi connectivity index (χ4v) is 2.78. The van der Waals surface area contributed by atoms with E-state index in [1.165, 1.54) is 5.56 Å². The minimum absolute atomic E-state index is 0.506. The molecule has 0 bridgehead atoms. The summed E-state index contributed by atoms with van der Waals surface area (Å²) in [6.07, 6.45) is 3.84. The van der Waals surface area contributed by atoms with Crippen molar-refractivity contribution in [3.05, 3.63) is 54.1 Å². The zero-order valence-electron chi connectivity index (χ0n) is 11.5. The first-order valence-electron chi connectivity index (χ1n) is 6.46. The third-order valence-corrected chi connectivity index (χ3v) is 4.10. The number of halogens is 1. The molecule has 1 atom stereocenters. The van der Waals surface area contributed by atoms with Crippen LogP contribution in [-0.4, -0.2) is 33.4 Å². The Morgan fingerprint density at radius 1 is 1.32 bits per heavy atom. The fourth-order valence-electron chi connectivity index (χ4n) is 2.20. The summed E-state index contributed by atoms with van der Waals surface area (Å²) in [6, 6.07) is 10.7. The van der Waals surface area contributed by atoms with Gasteiger partial charge in [0.1, 0.15) is 5.82 Å². The SMILES string of the molecule is CN(Cc1nccn1C)CC(CBr)c1ccccc1. The van der Waals surface area contributed by atoms with E-state index in [1.54, 1.807) is 0 Å². The number of hydrogen-bond donors (Lipinski definition) is 0. The molecular weight excluding hydrogens is 302 g/mol. The first-order valence-corrected chi connectivity index (χ1v) is 7.58. The molecule has 1 unspecified atom stereocenters. The van der Waals surface area contributed by atoms with Crippen molar-refractivity contribution in [2.75, 3.05) is 18.9 Å². The third-order valence-electron chi connectivity index (χ3n) is 3.32. The lowest BCUT2D eigenvalue weighted by atomic mass is 10.0. The van der Waals surface area contributed by atoms with Gasteiger partial charge in [-0.1, -0.05) is 46.3 Å². The lowest BCUT2D eigenvalue weighted by molar-refractivity contribution is 0.301. The van der Waals surface area contributed by atoms with E-state index < -0.39 is 0 Å². The van der Waals surface area contributed by atoms with Crippen molar-refractivity contribution in [1.29, 1.82) is 0 Å². The molecule has 0 N–H and O–H groups in total. The predicted octanol–water partition coefficient (Wildman–Crippen LogP) is 3.03. The highest BCUT2D eigenvalue weighted by molar-refractivity contribution is 9.09. The van der Waals surface area contributed by atoms with Crippen LogP contribution in [0.3, 0.4) is 0 Å². The van der Waals surface area contributed by atoms with Gasteiger partial charge in [0.15, 0.2) is 0 Å². The molecule has 102 valence electrons. The minimum atomic E-state index is 0.506. The van der Waals surface area contributed by atoms with Crippen LogP contribution < -0.4 is 0 Å². The molecule has 3 nitrogen and oxygen atoms in total. The van der Waals surface area contributed by atoms with Gasteiger partial charge < -0.3 is 4.57 Å². The van der Waals surface area contributed by atoms with Gasteiger partial charge >= 0.3 is 0 Å². The average molecular weight is 322 g/mol. The van der Waals surface area contributed by atoms with Crippen molar-refractivity contribution in [3.8, 4) is 0 Å². The highest BCUT2D eigenvalue weighted by Crippen LogP contribution is 2.19. The summed E-state index contributed by atoms with van der Waals surface area (Å²) in [5.74, 6) is 1.61. The van der Waals surface area contributed by atoms with Gasteiger partial charge in [0.05, 0.1) is 6.54 Å². The quantitative estimate of drug-likeness (QED) is 0.762. The zero-order chi connectivity index (χ0) is 13.7. The van der Waals surface area contributed by atoms with Gasteiger partial charge in [-0.05, 0) is 12.6 Å². The van der Waals surface area contributed by atoms with E-state index in [9.17, 15) is 0 Å². The minimum Gasteiger partial charge on any atom is -0.337 e. The first kappa shape index (κ1) is 14.3. The van der Waals surface area contributed by atoms with Gasteiger partial charge in [-0.15, -0.1) is 0 Å². The Morgan fingerprint density at radius 2 is 2.05 bits per heavy atom. The molecule has 1 aromatic carbocycles. The molecule has 1 heterocycles. The van der Waals surface area contributed by atoms with Crippen LogP contribution in [0.25, 0.3) is 0 Å². The molecule has 2 rings (SSSR count). The van der Waals surface area contributed by atoms with E-state index in [2.05, 4.69) is 67.8 Å². The Bertz CT molecular complexity index is 495. The number of rotatable bonds is 6. The van der Waals surface area contributed by atoms with Gasteiger partial charge in [0, 0.05) is 37.2 Å². The Kier molecular flexibility index (Phi) is 5.16. The van der Waals surface area contributed by atoms with Crippen LogP contribution in [-0.2, 0) is 13.6 Å². The summed E-state index contributed by atoms with van der Waals surface area (Å²) < 4.78 is 2.07. The summed E-state index contributed by atoms with van der Waals surface area (Å²) in [5, 5.41) is 0.974. The Balaban J connectivity index is 1.97. The number of likely N-dealkylation sites (N-methyl/N-ethyl adjacent to an activating group) is 1. The first-order chi connectivity index (χ1) is 9.20. The maximum atomic E-state index is 4.37. The Labute approximate surface area is 123 Å². The molecule has 0 saturated carbocycles. The van der Waals surface area contributed by atoms with E-state index in [1.807, 2.05) is 19.4 Å². The molecule has 0 amide bonds. The van der Waals surface area contributed by atoms with Gasteiger partial charge in [0.2, 0.25) is 0 Å². The fraction of sp³-hybridized carbons (Fsp3) is 0.400. The molecule has 0 radical (unpaired) electrons. The number of nitrogens with zero attached hydrogens (tertiary/aromatic N) is 3. The van der Waals surface area contributed by atoms with Crippen LogP contribution in [0, 0.1) is 0 Å². The molecule has 0 fully saturated rings. The highest BCUT2D eigenvalue weighted by Gasteiger charge is 2.13. The van der Waals surface area contributed by atoms with Crippen LogP contribution in [0.5, 0.6) is 0 Å². The summed E-state index contributed by atoms with van der Waals surface area (Å²) in [6.45, 7) is 1.89. The predicted molar refractivity (Wildman–Crippen MR) is 82.5 cm³/mol. The van der Waals surface area contributed by atoms with Crippen LogP contribution >= 0.6 is 15.9 Å². The zero-order valence-corrected chi connectivity index (χ0v) is 13.0. The third kappa shape index (κ3) is 3.91. The Morgan fingerprint density at radius 3 is 2.63 bits per heavy atom. The summed E-state index contributed by atoms with van der Waals surface area (Å²) in [7, 11) is 4.18. The average Bonchev–Trinajstić information content (AvgIpc) is 2.82. The number of aromatic nitrogens is 2. The lowest BCUT2D eigenvalue weighted by Gasteiger charge is -2.22. The van der Waals surface area contributed by atoms with Crippen molar-refractivity contribution in [3.63, 3.8) is 0 Å². The normalized spacial score (nSPS) is 12.8. The van der Waals surface area contributed by atoms with Crippen molar-refractivity contribution < 1.29 is 0 Å². The second-order valence-electron chi connectivity index (χ2n) is 4.91. The number of benzene rings is 1. The maximum absolute atomic E-state index is 4.37. The molecule has 1 aromatic heterocycles. The molecule has 0 aliphatic carbocycles. The second-order valence-corrected chi connectivity index (χ2v) is 5.56. The summed E-state index contributed by atoms with van der Waals surface area (Å²) >= 11 is 3.63. The summed E-state index contributed by atoms with van der Waals surface area (Å²) in [4.78, 5) is 6.69. The largest absolute Gasteiger partial charge is 0.337 e. The molecular formula is C15H20BrN3. The standard InChI is InChI=1S/C15H20BrN3/c1-18(12-15-17-8-9-19(15)2)11-14(10-16)13-6-4-3-5-7-13/h3-9,14H,10-12H2,1-2H3. The van der Waals surface area contributed by atoms with Gasteiger partial charge in [0.25, 0.3) is 0 Å². The number of hydrogen-bond acceptors (Lipinski definition) is 2. The maximum Gasteiger partial charge on any atom is 0.122 e. The molecule has 4 heteroatoms. The topological polar surface area (TPSA) is 21.1 Å². The molecule has 0 aliphatic rings.